The predicted molar refractivity (Wildman–Crippen MR) is 119 cm³/mol. The second-order valence-corrected chi connectivity index (χ2v) is 9.60. The molecule has 2 aliphatic heterocycles. The first kappa shape index (κ1) is 20.8. The maximum Gasteiger partial charge on any atom is 0.243 e. The molecule has 7 heteroatoms. The van der Waals surface area contributed by atoms with Crippen LogP contribution in [0.4, 0.5) is 5.69 Å². The van der Waals surface area contributed by atoms with Gasteiger partial charge in [-0.2, -0.15) is 4.31 Å². The first-order chi connectivity index (χ1) is 14.5. The molecule has 0 radical (unpaired) electrons. The van der Waals surface area contributed by atoms with Gasteiger partial charge >= 0.3 is 0 Å². The highest BCUT2D eigenvalue weighted by Gasteiger charge is 2.29. The fraction of sp³-hybridized carbons (Fsp3) is 0.348. The molecule has 4 rings (SSSR count). The summed E-state index contributed by atoms with van der Waals surface area (Å²) in [4.78, 5) is 16.1. The van der Waals surface area contributed by atoms with E-state index in [-0.39, 0.29) is 10.8 Å². The second-order valence-electron chi connectivity index (χ2n) is 7.66. The maximum atomic E-state index is 13.0. The first-order valence-corrected chi connectivity index (χ1v) is 11.8. The third-order valence-corrected chi connectivity index (χ3v) is 7.58. The molecule has 1 amide bonds. The van der Waals surface area contributed by atoms with Crippen LogP contribution in [0, 0.1) is 0 Å². The monoisotopic (exact) mass is 425 g/mol. The van der Waals surface area contributed by atoms with Crippen LogP contribution in [-0.4, -0.2) is 62.8 Å². The average Bonchev–Trinajstić information content (AvgIpc) is 3.21. The number of hydrogen-bond acceptors (Lipinski definition) is 4. The lowest BCUT2D eigenvalue weighted by atomic mass is 10.2. The van der Waals surface area contributed by atoms with Crippen molar-refractivity contribution < 1.29 is 13.2 Å². The quantitative estimate of drug-likeness (QED) is 0.714. The molecule has 0 unspecified atom stereocenters. The van der Waals surface area contributed by atoms with E-state index >= 15 is 0 Å². The number of rotatable bonds is 6. The van der Waals surface area contributed by atoms with Crippen LogP contribution in [0.5, 0.6) is 0 Å². The Bertz CT molecular complexity index is 996. The highest BCUT2D eigenvalue weighted by Crippen LogP contribution is 2.25. The minimum atomic E-state index is -3.52. The topological polar surface area (TPSA) is 60.9 Å². The number of piperazine rings is 1. The molecule has 0 atom stereocenters. The van der Waals surface area contributed by atoms with Gasteiger partial charge in [-0.05, 0) is 36.2 Å². The zero-order valence-corrected chi connectivity index (χ0v) is 17.8. The van der Waals surface area contributed by atoms with E-state index in [4.69, 9.17) is 0 Å². The Hall–Kier alpha value is -2.48. The SMILES string of the molecule is O=C1CCCN1c1ccc(S(=O)(=O)N2CCN(CC=Cc3ccccc3)CC2)cc1. The molecule has 0 bridgehead atoms. The fourth-order valence-corrected chi connectivity index (χ4v) is 5.34. The number of benzene rings is 2. The zero-order valence-electron chi connectivity index (χ0n) is 17.0. The molecule has 2 aliphatic rings. The second kappa shape index (κ2) is 9.12. The Balaban J connectivity index is 1.33. The van der Waals surface area contributed by atoms with Crippen molar-refractivity contribution in [1.29, 1.82) is 0 Å². The molecule has 2 saturated heterocycles. The summed E-state index contributed by atoms with van der Waals surface area (Å²) in [6.45, 7) is 3.88. The lowest BCUT2D eigenvalue weighted by Crippen LogP contribution is -2.48. The van der Waals surface area contributed by atoms with Gasteiger partial charge in [-0.3, -0.25) is 9.69 Å². The molecule has 0 aromatic heterocycles. The predicted octanol–water partition coefficient (Wildman–Crippen LogP) is 2.83. The van der Waals surface area contributed by atoms with E-state index in [0.29, 0.717) is 39.1 Å². The number of carbonyl (C=O) groups is 1. The van der Waals surface area contributed by atoms with Gasteiger partial charge in [0.25, 0.3) is 0 Å². The average molecular weight is 426 g/mol. The number of nitrogens with zero attached hydrogens (tertiary/aromatic N) is 3. The summed E-state index contributed by atoms with van der Waals surface area (Å²) in [6.07, 6.45) is 5.63. The smallest absolute Gasteiger partial charge is 0.243 e. The summed E-state index contributed by atoms with van der Waals surface area (Å²) >= 11 is 0. The summed E-state index contributed by atoms with van der Waals surface area (Å²) in [5, 5.41) is 0. The van der Waals surface area contributed by atoms with Crippen molar-refractivity contribution in [2.24, 2.45) is 0 Å². The Kier molecular flexibility index (Phi) is 6.32. The van der Waals surface area contributed by atoms with Gasteiger partial charge in [0.15, 0.2) is 0 Å². The highest BCUT2D eigenvalue weighted by atomic mass is 32.2. The van der Waals surface area contributed by atoms with Crippen LogP contribution in [0.25, 0.3) is 6.08 Å². The van der Waals surface area contributed by atoms with Crippen LogP contribution >= 0.6 is 0 Å². The summed E-state index contributed by atoms with van der Waals surface area (Å²) < 4.78 is 27.6. The molecule has 2 heterocycles. The molecule has 0 aliphatic carbocycles. The van der Waals surface area contributed by atoms with Crippen molar-refractivity contribution in [3.8, 4) is 0 Å². The molecular formula is C23H27N3O3S. The van der Waals surface area contributed by atoms with Gasteiger partial charge in [-0.25, -0.2) is 8.42 Å². The Labute approximate surface area is 178 Å². The molecule has 0 saturated carbocycles. The van der Waals surface area contributed by atoms with E-state index in [1.807, 2.05) is 18.2 Å². The lowest BCUT2D eigenvalue weighted by Gasteiger charge is -2.33. The minimum Gasteiger partial charge on any atom is -0.312 e. The number of sulfonamides is 1. The molecule has 6 nitrogen and oxygen atoms in total. The van der Waals surface area contributed by atoms with Gasteiger partial charge in [-0.1, -0.05) is 42.5 Å². The normalized spacial score (nSPS) is 19.1. The minimum absolute atomic E-state index is 0.100. The van der Waals surface area contributed by atoms with E-state index in [1.165, 1.54) is 0 Å². The zero-order chi connectivity index (χ0) is 21.0. The summed E-state index contributed by atoms with van der Waals surface area (Å²) in [6, 6.07) is 16.9. The van der Waals surface area contributed by atoms with Crippen LogP contribution in [-0.2, 0) is 14.8 Å². The Morgan fingerprint density at radius 3 is 2.20 bits per heavy atom. The molecule has 2 aromatic rings. The van der Waals surface area contributed by atoms with Crippen molar-refractivity contribution in [3.05, 3.63) is 66.2 Å². The molecule has 30 heavy (non-hydrogen) atoms. The van der Waals surface area contributed by atoms with E-state index in [2.05, 4.69) is 29.2 Å². The summed E-state index contributed by atoms with van der Waals surface area (Å²) in [7, 11) is -3.52. The van der Waals surface area contributed by atoms with E-state index < -0.39 is 10.0 Å². The van der Waals surface area contributed by atoms with Crippen LogP contribution in [0.15, 0.2) is 65.6 Å². The summed E-state index contributed by atoms with van der Waals surface area (Å²) in [5.41, 5.74) is 1.93. The van der Waals surface area contributed by atoms with Crippen molar-refractivity contribution >= 4 is 27.7 Å². The molecule has 2 fully saturated rings. The molecule has 0 N–H and O–H groups in total. The van der Waals surface area contributed by atoms with Gasteiger partial charge in [-0.15, -0.1) is 0 Å². The summed E-state index contributed by atoms with van der Waals surface area (Å²) in [5.74, 6) is 0.100. The molecule has 158 valence electrons. The number of hydrogen-bond donors (Lipinski definition) is 0. The standard InChI is InChI=1S/C23H27N3O3S/c27-23-9-5-15-26(23)21-10-12-22(13-11-21)30(28,29)25-18-16-24(17-19-25)14-4-8-20-6-2-1-3-7-20/h1-4,6-8,10-13H,5,9,14-19H2. The fourth-order valence-electron chi connectivity index (χ4n) is 3.92. The van der Waals surface area contributed by atoms with Crippen LogP contribution in [0.2, 0.25) is 0 Å². The number of anilines is 1. The van der Waals surface area contributed by atoms with Gasteiger partial charge < -0.3 is 4.90 Å². The van der Waals surface area contributed by atoms with E-state index in [1.54, 1.807) is 33.5 Å². The van der Waals surface area contributed by atoms with Crippen molar-refractivity contribution in [3.63, 3.8) is 0 Å². The largest absolute Gasteiger partial charge is 0.312 e. The Morgan fingerprint density at radius 2 is 1.57 bits per heavy atom. The van der Waals surface area contributed by atoms with Crippen LogP contribution in [0.3, 0.4) is 0 Å². The van der Waals surface area contributed by atoms with E-state index in [0.717, 1.165) is 24.2 Å². The van der Waals surface area contributed by atoms with Gasteiger partial charge in [0.05, 0.1) is 4.90 Å². The Morgan fingerprint density at radius 1 is 0.867 bits per heavy atom. The first-order valence-electron chi connectivity index (χ1n) is 10.4. The van der Waals surface area contributed by atoms with Crippen LogP contribution in [0.1, 0.15) is 18.4 Å². The number of carbonyl (C=O) groups excluding carboxylic acids is 1. The molecule has 2 aromatic carbocycles. The van der Waals surface area contributed by atoms with Gasteiger partial charge in [0.1, 0.15) is 0 Å². The van der Waals surface area contributed by atoms with Crippen LogP contribution < -0.4 is 4.90 Å². The third-order valence-electron chi connectivity index (χ3n) is 5.66. The third kappa shape index (κ3) is 4.64. The number of amides is 1. The van der Waals surface area contributed by atoms with E-state index in [9.17, 15) is 13.2 Å². The van der Waals surface area contributed by atoms with Crippen molar-refractivity contribution in [2.75, 3.05) is 44.2 Å². The van der Waals surface area contributed by atoms with Gasteiger partial charge in [0.2, 0.25) is 15.9 Å². The maximum absolute atomic E-state index is 13.0. The molecule has 0 spiro atoms. The van der Waals surface area contributed by atoms with Gasteiger partial charge in [0, 0.05) is 51.4 Å². The van der Waals surface area contributed by atoms with Crippen molar-refractivity contribution in [1.82, 2.24) is 9.21 Å². The molecular weight excluding hydrogens is 398 g/mol. The lowest BCUT2D eigenvalue weighted by molar-refractivity contribution is -0.117. The highest BCUT2D eigenvalue weighted by molar-refractivity contribution is 7.89. The van der Waals surface area contributed by atoms with Crippen molar-refractivity contribution in [2.45, 2.75) is 17.7 Å².